The van der Waals surface area contributed by atoms with Crippen LogP contribution in [-0.4, -0.2) is 20.0 Å². The molecule has 0 amide bonds. The molecule has 0 radical (unpaired) electrons. The molecule has 2 aromatic carbocycles. The Morgan fingerprint density at radius 2 is 1.76 bits per heavy atom. The topological polar surface area (TPSA) is 35.5 Å². The smallest absolute Gasteiger partial charge is 0.189 e. The third kappa shape index (κ3) is 3.95. The maximum absolute atomic E-state index is 12.2. The van der Waals surface area contributed by atoms with Crippen LogP contribution in [0.1, 0.15) is 15.9 Å². The summed E-state index contributed by atoms with van der Waals surface area (Å²) in [6, 6.07) is 12.9. The Bertz CT molecular complexity index is 660. The van der Waals surface area contributed by atoms with Gasteiger partial charge in [0.2, 0.25) is 0 Å². The third-order valence-corrected chi connectivity index (χ3v) is 3.50. The van der Waals surface area contributed by atoms with E-state index in [1.54, 1.807) is 31.4 Å². The summed E-state index contributed by atoms with van der Waals surface area (Å²) in [7, 11) is 3.10. The zero-order chi connectivity index (χ0) is 15.2. The first-order valence-electron chi connectivity index (χ1n) is 6.34. The molecule has 0 heterocycles. The highest BCUT2D eigenvalue weighted by molar-refractivity contribution is 9.10. The van der Waals surface area contributed by atoms with Crippen LogP contribution in [0.15, 0.2) is 53.0 Å². The van der Waals surface area contributed by atoms with Crippen LogP contribution in [0, 0.1) is 0 Å². The molecular formula is C17H15BrO3. The van der Waals surface area contributed by atoms with E-state index in [9.17, 15) is 4.79 Å². The SMILES string of the molecule is COc1ccc(C(=O)/C=C/c2ccc(Br)cc2)c(OC)c1. The fourth-order valence-corrected chi connectivity index (χ4v) is 2.10. The second-order valence-corrected chi connectivity index (χ2v) is 5.23. The number of rotatable bonds is 5. The van der Waals surface area contributed by atoms with Gasteiger partial charge in [-0.25, -0.2) is 0 Å². The van der Waals surface area contributed by atoms with Crippen molar-refractivity contribution in [3.8, 4) is 11.5 Å². The van der Waals surface area contributed by atoms with Gasteiger partial charge in [-0.15, -0.1) is 0 Å². The Hall–Kier alpha value is -2.07. The van der Waals surface area contributed by atoms with Crippen LogP contribution in [0.25, 0.3) is 6.08 Å². The number of methoxy groups -OCH3 is 2. The first kappa shape index (κ1) is 15.3. The molecule has 0 saturated heterocycles. The van der Waals surface area contributed by atoms with Gasteiger partial charge < -0.3 is 9.47 Å². The highest BCUT2D eigenvalue weighted by Gasteiger charge is 2.10. The maximum atomic E-state index is 12.2. The normalized spacial score (nSPS) is 10.6. The Morgan fingerprint density at radius 3 is 2.38 bits per heavy atom. The standard InChI is InChI=1S/C17H15BrO3/c1-20-14-8-9-15(17(11-14)21-2)16(19)10-5-12-3-6-13(18)7-4-12/h3-11H,1-2H3/b10-5+. The molecule has 0 fully saturated rings. The third-order valence-electron chi connectivity index (χ3n) is 2.97. The lowest BCUT2D eigenvalue weighted by atomic mass is 10.1. The second kappa shape index (κ2) is 7.09. The van der Waals surface area contributed by atoms with E-state index < -0.39 is 0 Å². The molecule has 0 aromatic heterocycles. The summed E-state index contributed by atoms with van der Waals surface area (Å²) in [5, 5.41) is 0. The first-order chi connectivity index (χ1) is 10.1. The van der Waals surface area contributed by atoms with Crippen molar-refractivity contribution in [3.63, 3.8) is 0 Å². The zero-order valence-electron chi connectivity index (χ0n) is 11.8. The Kier molecular flexibility index (Phi) is 5.17. The number of halogens is 1. The van der Waals surface area contributed by atoms with Gasteiger partial charge in [-0.3, -0.25) is 4.79 Å². The number of allylic oxidation sites excluding steroid dienone is 1. The van der Waals surface area contributed by atoms with Gasteiger partial charge >= 0.3 is 0 Å². The molecule has 0 aliphatic heterocycles. The minimum absolute atomic E-state index is 0.113. The minimum atomic E-state index is -0.113. The number of carbonyl (C=O) groups excluding carboxylic acids is 1. The van der Waals surface area contributed by atoms with Crippen LogP contribution >= 0.6 is 15.9 Å². The fourth-order valence-electron chi connectivity index (χ4n) is 1.84. The summed E-state index contributed by atoms with van der Waals surface area (Å²) < 4.78 is 11.4. The molecule has 0 N–H and O–H groups in total. The Morgan fingerprint density at radius 1 is 1.05 bits per heavy atom. The monoisotopic (exact) mass is 346 g/mol. The van der Waals surface area contributed by atoms with Crippen LogP contribution < -0.4 is 9.47 Å². The summed E-state index contributed by atoms with van der Waals surface area (Å²) in [5.41, 5.74) is 1.46. The van der Waals surface area contributed by atoms with E-state index in [0.717, 1.165) is 10.0 Å². The van der Waals surface area contributed by atoms with Gasteiger partial charge in [0, 0.05) is 10.5 Å². The molecule has 0 saturated carbocycles. The van der Waals surface area contributed by atoms with Crippen LogP contribution in [-0.2, 0) is 0 Å². The van der Waals surface area contributed by atoms with E-state index in [-0.39, 0.29) is 5.78 Å². The van der Waals surface area contributed by atoms with Gasteiger partial charge in [-0.2, -0.15) is 0 Å². The molecule has 0 spiro atoms. The number of carbonyl (C=O) groups is 1. The number of hydrogen-bond donors (Lipinski definition) is 0. The van der Waals surface area contributed by atoms with Gasteiger partial charge in [-0.05, 0) is 35.9 Å². The van der Waals surface area contributed by atoms with Crippen LogP contribution in [0.5, 0.6) is 11.5 Å². The molecule has 21 heavy (non-hydrogen) atoms. The van der Waals surface area contributed by atoms with Crippen molar-refractivity contribution in [1.29, 1.82) is 0 Å². The van der Waals surface area contributed by atoms with Gasteiger partial charge in [0.1, 0.15) is 11.5 Å². The van der Waals surface area contributed by atoms with Crippen LogP contribution in [0.4, 0.5) is 0 Å². The molecule has 0 aliphatic carbocycles. The fraction of sp³-hybridized carbons (Fsp3) is 0.118. The minimum Gasteiger partial charge on any atom is -0.497 e. The predicted octanol–water partition coefficient (Wildman–Crippen LogP) is 4.36. The Labute approximate surface area is 132 Å². The van der Waals surface area contributed by atoms with Crippen molar-refractivity contribution in [2.24, 2.45) is 0 Å². The first-order valence-corrected chi connectivity index (χ1v) is 7.13. The molecule has 0 unspecified atom stereocenters. The van der Waals surface area contributed by atoms with Crippen molar-refractivity contribution >= 4 is 27.8 Å². The molecule has 108 valence electrons. The van der Waals surface area contributed by atoms with E-state index in [4.69, 9.17) is 9.47 Å². The van der Waals surface area contributed by atoms with Crippen molar-refractivity contribution in [2.45, 2.75) is 0 Å². The molecular weight excluding hydrogens is 332 g/mol. The predicted molar refractivity (Wildman–Crippen MR) is 87.1 cm³/mol. The maximum Gasteiger partial charge on any atom is 0.189 e. The second-order valence-electron chi connectivity index (χ2n) is 4.32. The lowest BCUT2D eigenvalue weighted by molar-refractivity contribution is 0.104. The molecule has 0 bridgehead atoms. The number of hydrogen-bond acceptors (Lipinski definition) is 3. The van der Waals surface area contributed by atoms with Crippen molar-refractivity contribution < 1.29 is 14.3 Å². The summed E-state index contributed by atoms with van der Waals surface area (Å²) in [5.74, 6) is 1.04. The Balaban J connectivity index is 2.22. The molecule has 3 nitrogen and oxygen atoms in total. The quantitative estimate of drug-likeness (QED) is 0.595. The summed E-state index contributed by atoms with van der Waals surface area (Å²) in [4.78, 5) is 12.2. The average molecular weight is 347 g/mol. The lowest BCUT2D eigenvalue weighted by Gasteiger charge is -2.07. The summed E-state index contributed by atoms with van der Waals surface area (Å²) >= 11 is 3.38. The van der Waals surface area contributed by atoms with E-state index >= 15 is 0 Å². The van der Waals surface area contributed by atoms with Gasteiger partial charge in [-0.1, -0.05) is 34.1 Å². The van der Waals surface area contributed by atoms with E-state index in [2.05, 4.69) is 15.9 Å². The number of ketones is 1. The molecule has 2 rings (SSSR count). The van der Waals surface area contributed by atoms with E-state index in [0.29, 0.717) is 17.1 Å². The zero-order valence-corrected chi connectivity index (χ0v) is 13.4. The lowest BCUT2D eigenvalue weighted by Crippen LogP contribution is -1.99. The summed E-state index contributed by atoms with van der Waals surface area (Å²) in [6.07, 6.45) is 3.31. The van der Waals surface area contributed by atoms with Gasteiger partial charge in [0.05, 0.1) is 19.8 Å². The van der Waals surface area contributed by atoms with E-state index in [1.165, 1.54) is 13.2 Å². The van der Waals surface area contributed by atoms with Crippen molar-refractivity contribution in [3.05, 3.63) is 64.1 Å². The van der Waals surface area contributed by atoms with E-state index in [1.807, 2.05) is 24.3 Å². The number of ether oxygens (including phenoxy) is 2. The molecule has 0 aliphatic rings. The van der Waals surface area contributed by atoms with Crippen LogP contribution in [0.2, 0.25) is 0 Å². The average Bonchev–Trinajstić information content (AvgIpc) is 2.53. The highest BCUT2D eigenvalue weighted by Crippen LogP contribution is 2.25. The molecule has 4 heteroatoms. The summed E-state index contributed by atoms with van der Waals surface area (Å²) in [6.45, 7) is 0. The molecule has 0 atom stereocenters. The largest absolute Gasteiger partial charge is 0.497 e. The van der Waals surface area contributed by atoms with Crippen molar-refractivity contribution in [1.82, 2.24) is 0 Å². The van der Waals surface area contributed by atoms with Crippen LogP contribution in [0.3, 0.4) is 0 Å². The highest BCUT2D eigenvalue weighted by atomic mass is 79.9. The van der Waals surface area contributed by atoms with Gasteiger partial charge in [0.15, 0.2) is 5.78 Å². The molecule has 2 aromatic rings. The van der Waals surface area contributed by atoms with Gasteiger partial charge in [0.25, 0.3) is 0 Å². The van der Waals surface area contributed by atoms with Crippen molar-refractivity contribution in [2.75, 3.05) is 14.2 Å². The number of benzene rings is 2.